The van der Waals surface area contributed by atoms with Crippen molar-refractivity contribution in [2.24, 2.45) is 11.3 Å². The van der Waals surface area contributed by atoms with E-state index >= 15 is 0 Å². The van der Waals surface area contributed by atoms with Crippen LogP contribution in [0.1, 0.15) is 64.0 Å². The molecule has 1 aromatic carbocycles. The molecule has 4 rings (SSSR count). The highest BCUT2D eigenvalue weighted by atomic mass is 16.7. The predicted octanol–water partition coefficient (Wildman–Crippen LogP) is 3.66. The molecule has 0 unspecified atom stereocenters. The Kier molecular flexibility index (Phi) is 6.52. The topological polar surface area (TPSA) is 84.9 Å². The second-order valence-electron chi connectivity index (χ2n) is 9.39. The Morgan fingerprint density at radius 3 is 2.79 bits per heavy atom. The second kappa shape index (κ2) is 8.74. The van der Waals surface area contributed by atoms with Crippen LogP contribution in [0.15, 0.2) is 18.2 Å². The summed E-state index contributed by atoms with van der Waals surface area (Å²) in [5.41, 5.74) is 2.79. The molecule has 160 valence electrons. The molecule has 0 spiro atoms. The van der Waals surface area contributed by atoms with E-state index in [2.05, 4.69) is 17.4 Å². The van der Waals surface area contributed by atoms with Gasteiger partial charge < -0.3 is 19.9 Å². The number of hydrogen-bond acceptors (Lipinski definition) is 5. The summed E-state index contributed by atoms with van der Waals surface area (Å²) in [6.07, 6.45) is 7.68. The van der Waals surface area contributed by atoms with Crippen molar-refractivity contribution in [2.75, 3.05) is 13.3 Å². The number of nitrogens with one attached hydrogen (secondary N) is 1. The fourth-order valence-corrected chi connectivity index (χ4v) is 5.36. The summed E-state index contributed by atoms with van der Waals surface area (Å²) >= 11 is 0. The van der Waals surface area contributed by atoms with Crippen molar-refractivity contribution in [3.63, 3.8) is 0 Å². The molecule has 2 N–H and O–H groups in total. The van der Waals surface area contributed by atoms with Crippen LogP contribution in [0.2, 0.25) is 0 Å². The summed E-state index contributed by atoms with van der Waals surface area (Å²) in [5.74, 6) is 1.34. The fraction of sp³-hybridized carbons (Fsp3) is 0.652. The number of carbonyl (C=O) groups excluding carboxylic acids is 1. The van der Waals surface area contributed by atoms with Gasteiger partial charge in [-0.2, -0.15) is 0 Å². The Morgan fingerprint density at radius 2 is 2.07 bits per heavy atom. The first-order valence-electron chi connectivity index (χ1n) is 10.6. The van der Waals surface area contributed by atoms with Gasteiger partial charge in [0.1, 0.15) is 5.75 Å². The van der Waals surface area contributed by atoms with E-state index in [9.17, 15) is 4.79 Å². The van der Waals surface area contributed by atoms with Crippen molar-refractivity contribution >= 4 is 12.4 Å². The molecule has 1 aromatic rings. The van der Waals surface area contributed by atoms with Crippen LogP contribution >= 0.6 is 0 Å². The summed E-state index contributed by atoms with van der Waals surface area (Å²) in [4.78, 5) is 20.3. The number of hydrogen-bond donors (Lipinski definition) is 2. The van der Waals surface area contributed by atoms with Crippen molar-refractivity contribution in [3.05, 3.63) is 29.3 Å². The maximum absolute atomic E-state index is 11.9. The van der Waals surface area contributed by atoms with Gasteiger partial charge in [0.2, 0.25) is 6.79 Å². The smallest absolute Gasteiger partial charge is 0.314 e. The predicted molar refractivity (Wildman–Crippen MR) is 110 cm³/mol. The molecule has 1 aliphatic heterocycles. The largest absolute Gasteiger partial charge is 0.483 e. The molecule has 3 atom stereocenters. The van der Waals surface area contributed by atoms with Gasteiger partial charge in [-0.3, -0.25) is 9.59 Å². The molecule has 2 aliphatic carbocycles. The van der Waals surface area contributed by atoms with Crippen molar-refractivity contribution in [3.8, 4) is 5.75 Å². The first kappa shape index (κ1) is 21.6. The molecule has 0 amide bonds. The Morgan fingerprint density at radius 1 is 1.31 bits per heavy atom. The van der Waals surface area contributed by atoms with Crippen LogP contribution in [-0.4, -0.2) is 36.9 Å². The van der Waals surface area contributed by atoms with Crippen LogP contribution in [0.5, 0.6) is 5.75 Å². The number of piperidine rings is 1. The van der Waals surface area contributed by atoms with Gasteiger partial charge in [-0.15, -0.1) is 0 Å². The van der Waals surface area contributed by atoms with E-state index in [4.69, 9.17) is 19.4 Å². The first-order valence-corrected chi connectivity index (χ1v) is 10.6. The van der Waals surface area contributed by atoms with E-state index in [-0.39, 0.29) is 19.2 Å². The molecule has 1 saturated carbocycles. The molecule has 0 aromatic heterocycles. The first-order chi connectivity index (χ1) is 13.8. The zero-order valence-electron chi connectivity index (χ0n) is 17.7. The Labute approximate surface area is 173 Å². The number of rotatable bonds is 3. The number of fused-ring (bicyclic) bond motifs is 1. The maximum atomic E-state index is 11.9. The van der Waals surface area contributed by atoms with Crippen LogP contribution in [0.3, 0.4) is 0 Å². The van der Waals surface area contributed by atoms with Crippen LogP contribution < -0.4 is 10.1 Å². The summed E-state index contributed by atoms with van der Waals surface area (Å²) < 4.78 is 11.1. The quantitative estimate of drug-likeness (QED) is 0.455. The van der Waals surface area contributed by atoms with Gasteiger partial charge in [0.05, 0.1) is 5.41 Å². The zero-order valence-corrected chi connectivity index (χ0v) is 17.7. The van der Waals surface area contributed by atoms with E-state index in [0.717, 1.165) is 24.6 Å². The highest BCUT2D eigenvalue weighted by molar-refractivity contribution is 5.75. The molecule has 0 radical (unpaired) electrons. The van der Waals surface area contributed by atoms with Gasteiger partial charge in [-0.1, -0.05) is 18.9 Å². The van der Waals surface area contributed by atoms with Gasteiger partial charge in [-0.25, -0.2) is 0 Å². The minimum atomic E-state index is -0.502. The summed E-state index contributed by atoms with van der Waals surface area (Å²) in [6, 6.07) is 7.12. The van der Waals surface area contributed by atoms with E-state index < -0.39 is 5.41 Å². The lowest BCUT2D eigenvalue weighted by molar-refractivity contribution is -0.159. The average Bonchev–Trinajstić information content (AvgIpc) is 2.68. The van der Waals surface area contributed by atoms with Crippen molar-refractivity contribution in [2.45, 2.75) is 70.8 Å². The lowest BCUT2D eigenvalue weighted by Crippen LogP contribution is -2.59. The Balaban J connectivity index is 0.000000755. The van der Waals surface area contributed by atoms with Crippen LogP contribution in [-0.2, 0) is 26.2 Å². The summed E-state index contributed by atoms with van der Waals surface area (Å²) in [7, 11) is 0. The molecule has 1 saturated heterocycles. The minimum Gasteiger partial charge on any atom is -0.483 e. The normalized spacial score (nSPS) is 27.4. The third-order valence-electron chi connectivity index (χ3n) is 6.65. The number of benzene rings is 1. The monoisotopic (exact) mass is 403 g/mol. The second-order valence-corrected chi connectivity index (χ2v) is 9.39. The minimum absolute atomic E-state index is 0.0184. The molecular weight excluding hydrogens is 370 g/mol. The highest BCUT2D eigenvalue weighted by Crippen LogP contribution is 2.54. The van der Waals surface area contributed by atoms with E-state index in [0.29, 0.717) is 11.5 Å². The number of esters is 1. The third-order valence-corrected chi connectivity index (χ3v) is 6.65. The van der Waals surface area contributed by atoms with Gasteiger partial charge in [0, 0.05) is 11.5 Å². The van der Waals surface area contributed by atoms with Crippen LogP contribution in [0, 0.1) is 11.3 Å². The van der Waals surface area contributed by atoms with Gasteiger partial charge in [0.15, 0.2) is 0 Å². The van der Waals surface area contributed by atoms with E-state index in [1.807, 2.05) is 26.8 Å². The number of ether oxygens (including phenoxy) is 2. The summed E-state index contributed by atoms with van der Waals surface area (Å²) in [6.45, 7) is 6.41. The van der Waals surface area contributed by atoms with E-state index in [1.54, 1.807) is 0 Å². The molecule has 29 heavy (non-hydrogen) atoms. The Hall–Kier alpha value is -2.08. The highest BCUT2D eigenvalue weighted by Gasteiger charge is 2.51. The Bertz CT molecular complexity index is 737. The number of carboxylic acid groups (broad SMARTS) is 1. The van der Waals surface area contributed by atoms with Crippen molar-refractivity contribution in [1.82, 2.24) is 5.32 Å². The lowest BCUT2D eigenvalue weighted by atomic mass is 9.53. The zero-order chi connectivity index (χ0) is 21.1. The van der Waals surface area contributed by atoms with Crippen LogP contribution in [0.4, 0.5) is 0 Å². The van der Waals surface area contributed by atoms with Crippen molar-refractivity contribution < 1.29 is 24.2 Å². The average molecular weight is 404 g/mol. The molecule has 6 heteroatoms. The molecular formula is C23H33NO5. The molecule has 1 heterocycles. The van der Waals surface area contributed by atoms with Gasteiger partial charge >= 0.3 is 5.97 Å². The third kappa shape index (κ3) is 4.42. The van der Waals surface area contributed by atoms with Gasteiger partial charge in [-0.05, 0) is 82.2 Å². The lowest BCUT2D eigenvalue weighted by Gasteiger charge is -2.56. The number of carbonyl (C=O) groups is 2. The van der Waals surface area contributed by atoms with Gasteiger partial charge in [0.25, 0.3) is 6.47 Å². The van der Waals surface area contributed by atoms with Crippen LogP contribution in [0.25, 0.3) is 0 Å². The SMILES string of the molecule is CC(C)(C)C(=O)OCOc1ccc2c(c1)[C@@]13CCCC[C@@H]1[C@H](C2)NCC3.O=CO. The van der Waals surface area contributed by atoms with E-state index in [1.165, 1.54) is 43.2 Å². The summed E-state index contributed by atoms with van der Waals surface area (Å²) in [5, 5.41) is 10.7. The molecule has 2 bridgehead atoms. The fourth-order valence-electron chi connectivity index (χ4n) is 5.36. The maximum Gasteiger partial charge on any atom is 0.314 e. The molecule has 2 fully saturated rings. The van der Waals surface area contributed by atoms with Crippen molar-refractivity contribution in [1.29, 1.82) is 0 Å². The molecule has 3 aliphatic rings. The standard InChI is InChI=1S/C22H31NO3.CH2O2/c1-21(2,3)20(24)26-14-25-16-8-7-15-12-19-17-6-4-5-9-22(17,10-11-23-19)18(15)13-16;2-1-3/h7-8,13,17,19,23H,4-6,9-12,14H2,1-3H3;1H,(H,2,3)/t17-,19+,22-;/m1./s1. The molecule has 6 nitrogen and oxygen atoms in total.